The minimum Gasteiger partial charge on any atom is -0.312 e. The van der Waals surface area contributed by atoms with Gasteiger partial charge in [0.25, 0.3) is 5.56 Å². The van der Waals surface area contributed by atoms with Crippen molar-refractivity contribution in [2.24, 2.45) is 0 Å². The van der Waals surface area contributed by atoms with Crippen LogP contribution in [0.15, 0.2) is 53.3 Å². The molecule has 0 unspecified atom stereocenters. The topological polar surface area (TPSA) is 58.1 Å². The van der Waals surface area contributed by atoms with E-state index in [1.165, 1.54) is 22.4 Å². The molecule has 0 fully saturated rings. The number of nitrogens with one attached hydrogen (secondary N) is 1. The molecule has 138 valence electrons. The number of rotatable bonds is 4. The number of halogens is 1. The standard InChI is InChI=1S/C21H20FN3O2/c1-14-18(21(27)25(23-14)17-8-6-16(22)7-9-17)10-11-20(26)24-13-12-15-4-2-3-5-19(15)24/h2-9,23H,10-13H2,1H3. The van der Waals surface area contributed by atoms with Gasteiger partial charge in [0.1, 0.15) is 5.82 Å². The van der Waals surface area contributed by atoms with Gasteiger partial charge < -0.3 is 4.90 Å². The fraction of sp³-hybridized carbons (Fsp3) is 0.238. The molecule has 1 aliphatic heterocycles. The molecule has 2 heterocycles. The first-order chi connectivity index (χ1) is 13.0. The van der Waals surface area contributed by atoms with Crippen LogP contribution in [0.4, 0.5) is 10.1 Å². The van der Waals surface area contributed by atoms with E-state index in [9.17, 15) is 14.0 Å². The zero-order chi connectivity index (χ0) is 19.0. The number of hydrogen-bond acceptors (Lipinski definition) is 2. The lowest BCUT2D eigenvalue weighted by atomic mass is 10.1. The first-order valence-corrected chi connectivity index (χ1v) is 8.99. The third-order valence-electron chi connectivity index (χ3n) is 5.06. The highest BCUT2D eigenvalue weighted by atomic mass is 19.1. The number of anilines is 1. The second-order valence-corrected chi connectivity index (χ2v) is 6.76. The number of carbonyl (C=O) groups is 1. The van der Waals surface area contributed by atoms with Crippen LogP contribution >= 0.6 is 0 Å². The smallest absolute Gasteiger partial charge is 0.274 e. The van der Waals surface area contributed by atoms with E-state index in [1.54, 1.807) is 17.0 Å². The summed E-state index contributed by atoms with van der Waals surface area (Å²) in [6, 6.07) is 13.6. The van der Waals surface area contributed by atoms with E-state index in [-0.39, 0.29) is 23.7 Å². The average Bonchev–Trinajstić information content (AvgIpc) is 3.22. The fourth-order valence-corrected chi connectivity index (χ4v) is 3.61. The largest absolute Gasteiger partial charge is 0.312 e. The molecular formula is C21H20FN3O2. The Balaban J connectivity index is 1.52. The number of benzene rings is 2. The van der Waals surface area contributed by atoms with E-state index in [2.05, 4.69) is 5.10 Å². The van der Waals surface area contributed by atoms with Gasteiger partial charge >= 0.3 is 0 Å². The third-order valence-corrected chi connectivity index (χ3v) is 5.06. The minimum atomic E-state index is -0.355. The van der Waals surface area contributed by atoms with Crippen molar-refractivity contribution in [2.75, 3.05) is 11.4 Å². The summed E-state index contributed by atoms with van der Waals surface area (Å²) in [5.41, 5.74) is 3.82. The quantitative estimate of drug-likeness (QED) is 0.772. The Morgan fingerprint density at radius 1 is 1.15 bits per heavy atom. The summed E-state index contributed by atoms with van der Waals surface area (Å²) in [7, 11) is 0. The summed E-state index contributed by atoms with van der Waals surface area (Å²) >= 11 is 0. The summed E-state index contributed by atoms with van der Waals surface area (Å²) in [5.74, 6) is -0.333. The highest BCUT2D eigenvalue weighted by Gasteiger charge is 2.24. The highest BCUT2D eigenvalue weighted by molar-refractivity contribution is 5.95. The molecule has 0 bridgehead atoms. The normalized spacial score (nSPS) is 13.0. The summed E-state index contributed by atoms with van der Waals surface area (Å²) in [6.45, 7) is 2.50. The molecule has 6 heteroatoms. The monoisotopic (exact) mass is 365 g/mol. The van der Waals surface area contributed by atoms with Crippen molar-refractivity contribution in [2.45, 2.75) is 26.2 Å². The number of hydrogen-bond donors (Lipinski definition) is 1. The number of aromatic amines is 1. The van der Waals surface area contributed by atoms with Gasteiger partial charge in [-0.2, -0.15) is 0 Å². The van der Waals surface area contributed by atoms with Gasteiger partial charge in [-0.3, -0.25) is 14.7 Å². The second-order valence-electron chi connectivity index (χ2n) is 6.76. The average molecular weight is 365 g/mol. The van der Waals surface area contributed by atoms with Crippen molar-refractivity contribution in [3.05, 3.63) is 81.5 Å². The first kappa shape index (κ1) is 17.3. The number of H-pyrrole nitrogens is 1. The Morgan fingerprint density at radius 3 is 2.67 bits per heavy atom. The van der Waals surface area contributed by atoms with Crippen LogP contribution in [0.3, 0.4) is 0 Å². The Morgan fingerprint density at radius 2 is 1.89 bits per heavy atom. The molecule has 1 aliphatic rings. The minimum absolute atomic E-state index is 0.0216. The van der Waals surface area contributed by atoms with Crippen LogP contribution < -0.4 is 10.5 Å². The molecule has 0 saturated carbocycles. The Bertz CT molecular complexity index is 1050. The Labute approximate surface area is 156 Å². The van der Waals surface area contributed by atoms with Gasteiger partial charge in [-0.05, 0) is 55.7 Å². The molecule has 0 aliphatic carbocycles. The van der Waals surface area contributed by atoms with Crippen LogP contribution in [0.1, 0.15) is 23.2 Å². The van der Waals surface area contributed by atoms with Crippen molar-refractivity contribution < 1.29 is 9.18 Å². The van der Waals surface area contributed by atoms with Gasteiger partial charge in [0.05, 0.1) is 5.69 Å². The SMILES string of the molecule is Cc1[nH]n(-c2ccc(F)cc2)c(=O)c1CCC(=O)N1CCc2ccccc21. The maximum atomic E-state index is 13.1. The maximum absolute atomic E-state index is 13.1. The zero-order valence-electron chi connectivity index (χ0n) is 15.0. The van der Waals surface area contributed by atoms with Crippen LogP contribution in [-0.2, 0) is 17.6 Å². The van der Waals surface area contributed by atoms with Crippen LogP contribution in [-0.4, -0.2) is 22.2 Å². The van der Waals surface area contributed by atoms with E-state index in [0.717, 1.165) is 17.8 Å². The Kier molecular flexibility index (Phi) is 4.39. The van der Waals surface area contributed by atoms with Crippen LogP contribution in [0.25, 0.3) is 5.69 Å². The lowest BCUT2D eigenvalue weighted by Gasteiger charge is -2.17. The number of amides is 1. The molecule has 5 nitrogen and oxygen atoms in total. The van der Waals surface area contributed by atoms with Crippen LogP contribution in [0, 0.1) is 12.7 Å². The second kappa shape index (κ2) is 6.87. The fourth-order valence-electron chi connectivity index (χ4n) is 3.61. The molecule has 1 N–H and O–H groups in total. The summed E-state index contributed by atoms with van der Waals surface area (Å²) < 4.78 is 14.5. The summed E-state index contributed by atoms with van der Waals surface area (Å²) in [4.78, 5) is 27.2. The van der Waals surface area contributed by atoms with Crippen LogP contribution in [0.5, 0.6) is 0 Å². The first-order valence-electron chi connectivity index (χ1n) is 8.99. The lowest BCUT2D eigenvalue weighted by molar-refractivity contribution is -0.118. The molecule has 0 radical (unpaired) electrons. The maximum Gasteiger partial charge on any atom is 0.274 e. The van der Waals surface area contributed by atoms with Gasteiger partial charge in [0.2, 0.25) is 5.91 Å². The molecule has 1 aromatic heterocycles. The molecular weight excluding hydrogens is 345 g/mol. The predicted molar refractivity (Wildman–Crippen MR) is 102 cm³/mol. The van der Waals surface area contributed by atoms with Crippen molar-refractivity contribution in [3.8, 4) is 5.69 Å². The Hall–Kier alpha value is -3.15. The van der Waals surface area contributed by atoms with Crippen molar-refractivity contribution in [1.82, 2.24) is 9.78 Å². The lowest BCUT2D eigenvalue weighted by Crippen LogP contribution is -2.29. The number of fused-ring (bicyclic) bond motifs is 1. The number of aromatic nitrogens is 2. The summed E-state index contributed by atoms with van der Waals surface area (Å²) in [5, 5.41) is 3.01. The number of para-hydroxylation sites is 1. The molecule has 27 heavy (non-hydrogen) atoms. The summed E-state index contributed by atoms with van der Waals surface area (Å²) in [6.07, 6.45) is 1.50. The number of nitrogens with zero attached hydrogens (tertiary/aromatic N) is 2. The van der Waals surface area contributed by atoms with E-state index in [4.69, 9.17) is 0 Å². The van der Waals surface area contributed by atoms with Gasteiger partial charge in [0.15, 0.2) is 0 Å². The van der Waals surface area contributed by atoms with Crippen molar-refractivity contribution in [1.29, 1.82) is 0 Å². The number of aryl methyl sites for hydroxylation is 1. The number of carbonyl (C=O) groups excluding carboxylic acids is 1. The molecule has 0 saturated heterocycles. The van der Waals surface area contributed by atoms with Gasteiger partial charge in [-0.15, -0.1) is 0 Å². The van der Waals surface area contributed by atoms with Gasteiger partial charge in [0, 0.05) is 29.9 Å². The molecule has 1 amide bonds. The van der Waals surface area contributed by atoms with E-state index in [0.29, 0.717) is 24.2 Å². The predicted octanol–water partition coefficient (Wildman–Crippen LogP) is 3.14. The van der Waals surface area contributed by atoms with E-state index >= 15 is 0 Å². The van der Waals surface area contributed by atoms with E-state index in [1.807, 2.05) is 31.2 Å². The van der Waals surface area contributed by atoms with Gasteiger partial charge in [-0.1, -0.05) is 18.2 Å². The van der Waals surface area contributed by atoms with Gasteiger partial charge in [-0.25, -0.2) is 9.07 Å². The van der Waals surface area contributed by atoms with E-state index < -0.39 is 0 Å². The van der Waals surface area contributed by atoms with Crippen molar-refractivity contribution in [3.63, 3.8) is 0 Å². The van der Waals surface area contributed by atoms with Crippen molar-refractivity contribution >= 4 is 11.6 Å². The molecule has 4 rings (SSSR count). The third kappa shape index (κ3) is 3.18. The molecule has 3 aromatic rings. The molecule has 0 spiro atoms. The molecule has 0 atom stereocenters. The highest BCUT2D eigenvalue weighted by Crippen LogP contribution is 2.28. The molecule has 2 aromatic carbocycles. The zero-order valence-corrected chi connectivity index (χ0v) is 15.0. The van der Waals surface area contributed by atoms with Crippen LogP contribution in [0.2, 0.25) is 0 Å².